The number of carboxylic acid groups (broad SMARTS) is 1. The van der Waals surface area contributed by atoms with Gasteiger partial charge in [-0.15, -0.1) is 5.10 Å². The lowest BCUT2D eigenvalue weighted by atomic mass is 10.3. The van der Waals surface area contributed by atoms with E-state index >= 15 is 0 Å². The van der Waals surface area contributed by atoms with Crippen LogP contribution in [0.25, 0.3) is 0 Å². The Hall–Kier alpha value is -2.95. The van der Waals surface area contributed by atoms with Gasteiger partial charge in [0.2, 0.25) is 0 Å². The first kappa shape index (κ1) is 12.5. The topological polar surface area (TPSA) is 117 Å². The molecule has 0 aromatic carbocycles. The Balaban J connectivity index is 1.92. The van der Waals surface area contributed by atoms with Gasteiger partial charge in [0, 0.05) is 0 Å². The van der Waals surface area contributed by atoms with Gasteiger partial charge in [-0.3, -0.25) is 4.79 Å². The van der Waals surface area contributed by atoms with Crippen molar-refractivity contribution < 1.29 is 9.90 Å². The lowest BCUT2D eigenvalue weighted by Crippen LogP contribution is -2.09. The minimum Gasteiger partial charge on any atom is -0.480 e. The van der Waals surface area contributed by atoms with Gasteiger partial charge in [0.25, 0.3) is 0 Å². The second-order valence-electron chi connectivity index (χ2n) is 3.70. The van der Waals surface area contributed by atoms with Gasteiger partial charge in [0.1, 0.15) is 24.0 Å². The number of anilines is 1. The number of hydrogen-bond acceptors (Lipinski definition) is 6. The zero-order valence-electron chi connectivity index (χ0n) is 9.82. The third-order valence-electron chi connectivity index (χ3n) is 2.24. The van der Waals surface area contributed by atoms with Crippen LogP contribution in [-0.2, 0) is 17.9 Å². The van der Waals surface area contributed by atoms with Gasteiger partial charge in [-0.1, -0.05) is 5.21 Å². The highest BCUT2D eigenvalue weighted by molar-refractivity contribution is 5.66. The first-order chi connectivity index (χ1) is 9.17. The molecule has 0 spiro atoms. The molecule has 19 heavy (non-hydrogen) atoms. The largest absolute Gasteiger partial charge is 0.480 e. The number of pyridine rings is 1. The summed E-state index contributed by atoms with van der Waals surface area (Å²) < 4.78 is 1.25. The van der Waals surface area contributed by atoms with Crippen molar-refractivity contribution in [2.45, 2.75) is 13.1 Å². The molecule has 0 fully saturated rings. The Labute approximate surface area is 108 Å². The van der Waals surface area contributed by atoms with Crippen LogP contribution in [0.15, 0.2) is 24.5 Å². The molecule has 2 aromatic rings. The monoisotopic (exact) mass is 258 g/mol. The summed E-state index contributed by atoms with van der Waals surface area (Å²) in [6.07, 6.45) is 3.10. The van der Waals surface area contributed by atoms with E-state index in [9.17, 15) is 4.79 Å². The van der Waals surface area contributed by atoms with Gasteiger partial charge < -0.3 is 10.4 Å². The third-order valence-corrected chi connectivity index (χ3v) is 2.24. The van der Waals surface area contributed by atoms with Crippen LogP contribution in [0.3, 0.4) is 0 Å². The Bertz CT molecular complexity index is 613. The molecule has 0 aliphatic rings. The number of nitrogens with zero attached hydrogens (tertiary/aromatic N) is 5. The van der Waals surface area contributed by atoms with Crippen LogP contribution in [0.1, 0.15) is 11.4 Å². The fourth-order valence-electron chi connectivity index (χ4n) is 1.39. The lowest BCUT2D eigenvalue weighted by Gasteiger charge is -2.02. The van der Waals surface area contributed by atoms with Gasteiger partial charge in [0.05, 0.1) is 24.6 Å². The maximum atomic E-state index is 10.5. The van der Waals surface area contributed by atoms with E-state index in [-0.39, 0.29) is 6.54 Å². The number of carbonyl (C=O) groups is 1. The Morgan fingerprint density at radius 2 is 2.37 bits per heavy atom. The van der Waals surface area contributed by atoms with Gasteiger partial charge in [-0.05, 0) is 12.1 Å². The highest BCUT2D eigenvalue weighted by Crippen LogP contribution is 2.07. The molecule has 2 heterocycles. The standard InChI is InChI=1S/C11H10N6O2/c12-3-8-1-2-9(4-13-8)14-5-10-6-17(16-15-10)7-11(18)19/h1-2,4,6,14H,5,7H2,(H,18,19). The molecule has 8 heteroatoms. The summed E-state index contributed by atoms with van der Waals surface area (Å²) in [5.74, 6) is -0.972. The molecule has 96 valence electrons. The number of nitriles is 1. The molecule has 2 rings (SSSR count). The average molecular weight is 258 g/mol. The Morgan fingerprint density at radius 3 is 3.00 bits per heavy atom. The number of nitrogens with one attached hydrogen (secondary N) is 1. The van der Waals surface area contributed by atoms with Crippen LogP contribution < -0.4 is 5.32 Å². The van der Waals surface area contributed by atoms with Gasteiger partial charge >= 0.3 is 5.97 Å². The molecule has 0 aliphatic heterocycles. The highest BCUT2D eigenvalue weighted by Gasteiger charge is 2.04. The van der Waals surface area contributed by atoms with Crippen molar-refractivity contribution in [2.75, 3.05) is 5.32 Å². The van der Waals surface area contributed by atoms with Crippen molar-refractivity contribution in [3.05, 3.63) is 35.9 Å². The first-order valence-electron chi connectivity index (χ1n) is 5.38. The maximum absolute atomic E-state index is 10.5. The van der Waals surface area contributed by atoms with Crippen LogP contribution in [0.4, 0.5) is 5.69 Å². The molecule has 0 bridgehead atoms. The minimum atomic E-state index is -0.972. The summed E-state index contributed by atoms with van der Waals surface area (Å²) >= 11 is 0. The number of carboxylic acids is 1. The quantitative estimate of drug-likeness (QED) is 0.788. The van der Waals surface area contributed by atoms with Crippen molar-refractivity contribution >= 4 is 11.7 Å². The summed E-state index contributed by atoms with van der Waals surface area (Å²) in [6.45, 7) is 0.179. The van der Waals surface area contributed by atoms with Crippen LogP contribution >= 0.6 is 0 Å². The molecule has 2 N–H and O–H groups in total. The molecule has 0 amide bonds. The molecule has 0 atom stereocenters. The second kappa shape index (κ2) is 5.59. The van der Waals surface area contributed by atoms with E-state index in [1.54, 1.807) is 24.5 Å². The van der Waals surface area contributed by atoms with Crippen LogP contribution in [0.5, 0.6) is 0 Å². The van der Waals surface area contributed by atoms with Crippen molar-refractivity contribution in [3.63, 3.8) is 0 Å². The summed E-state index contributed by atoms with van der Waals surface area (Å²) in [6, 6.07) is 5.26. The van der Waals surface area contributed by atoms with Gasteiger partial charge in [-0.25, -0.2) is 9.67 Å². The predicted octanol–water partition coefficient (Wildman–Crippen LogP) is 0.241. The fraction of sp³-hybridized carbons (Fsp3) is 0.182. The Kier molecular flexibility index (Phi) is 3.68. The first-order valence-corrected chi connectivity index (χ1v) is 5.38. The molecular formula is C11H10N6O2. The van der Waals surface area contributed by atoms with E-state index in [2.05, 4.69) is 20.6 Å². The summed E-state index contributed by atoms with van der Waals surface area (Å²) in [5.41, 5.74) is 1.70. The minimum absolute atomic E-state index is 0.217. The smallest absolute Gasteiger partial charge is 0.325 e. The number of aromatic nitrogens is 4. The second-order valence-corrected chi connectivity index (χ2v) is 3.70. The van der Waals surface area contributed by atoms with E-state index in [1.807, 2.05) is 6.07 Å². The molecule has 2 aromatic heterocycles. The molecule has 0 unspecified atom stereocenters. The average Bonchev–Trinajstić information content (AvgIpc) is 2.84. The molecule has 0 radical (unpaired) electrons. The predicted molar refractivity (Wildman–Crippen MR) is 63.9 cm³/mol. The SMILES string of the molecule is N#Cc1ccc(NCc2cn(CC(=O)O)nn2)cn1. The summed E-state index contributed by atoms with van der Waals surface area (Å²) in [4.78, 5) is 14.4. The number of hydrogen-bond donors (Lipinski definition) is 2. The zero-order chi connectivity index (χ0) is 13.7. The molecule has 0 aliphatic carbocycles. The van der Waals surface area contributed by atoms with Crippen molar-refractivity contribution in [3.8, 4) is 6.07 Å². The van der Waals surface area contributed by atoms with Crippen molar-refractivity contribution in [2.24, 2.45) is 0 Å². The number of aliphatic carboxylic acids is 1. The van der Waals surface area contributed by atoms with Crippen LogP contribution in [0.2, 0.25) is 0 Å². The molecule has 0 saturated carbocycles. The van der Waals surface area contributed by atoms with E-state index < -0.39 is 5.97 Å². The van der Waals surface area contributed by atoms with Gasteiger partial charge in [0.15, 0.2) is 0 Å². The maximum Gasteiger partial charge on any atom is 0.325 e. The van der Waals surface area contributed by atoms with Crippen molar-refractivity contribution in [1.29, 1.82) is 5.26 Å². The molecule has 0 saturated heterocycles. The van der Waals surface area contributed by atoms with E-state index in [0.717, 1.165) is 5.69 Å². The zero-order valence-corrected chi connectivity index (χ0v) is 9.82. The van der Waals surface area contributed by atoms with E-state index in [4.69, 9.17) is 10.4 Å². The van der Waals surface area contributed by atoms with Crippen molar-refractivity contribution in [1.82, 2.24) is 20.0 Å². The normalized spacial score (nSPS) is 9.84. The van der Waals surface area contributed by atoms with E-state index in [0.29, 0.717) is 17.9 Å². The van der Waals surface area contributed by atoms with Crippen LogP contribution in [-0.4, -0.2) is 31.1 Å². The highest BCUT2D eigenvalue weighted by atomic mass is 16.4. The lowest BCUT2D eigenvalue weighted by molar-refractivity contribution is -0.137. The third kappa shape index (κ3) is 3.50. The molecular weight excluding hydrogens is 248 g/mol. The molecule has 8 nitrogen and oxygen atoms in total. The van der Waals surface area contributed by atoms with Gasteiger partial charge in [-0.2, -0.15) is 5.26 Å². The summed E-state index contributed by atoms with van der Waals surface area (Å²) in [7, 11) is 0. The summed E-state index contributed by atoms with van der Waals surface area (Å²) in [5, 5.41) is 27.8. The van der Waals surface area contributed by atoms with E-state index in [1.165, 1.54) is 4.68 Å². The number of rotatable bonds is 5. The Morgan fingerprint density at radius 1 is 1.53 bits per heavy atom. The fourth-order valence-corrected chi connectivity index (χ4v) is 1.39. The van der Waals surface area contributed by atoms with Crippen LogP contribution in [0, 0.1) is 11.3 Å².